The number of rotatable bonds is 7. The summed E-state index contributed by atoms with van der Waals surface area (Å²) in [6.07, 6.45) is 2.95. The second-order valence-electron chi connectivity index (χ2n) is 4.95. The van der Waals surface area contributed by atoms with Crippen LogP contribution >= 0.6 is 11.3 Å². The number of carbonyl (C=O) groups is 1. The Balaban J connectivity index is 1.62. The van der Waals surface area contributed by atoms with Crippen LogP contribution in [-0.2, 0) is 6.61 Å². The van der Waals surface area contributed by atoms with Crippen molar-refractivity contribution >= 4 is 23.5 Å². The minimum Gasteiger partial charge on any atom is -0.493 e. The lowest BCUT2D eigenvalue weighted by molar-refractivity contribution is 0.0927. The monoisotopic (exact) mass is 356 g/mol. The number of carbonyl (C=O) groups excluding carboxylic acids is 1. The molecular formula is C18H16N2O4S. The van der Waals surface area contributed by atoms with Crippen LogP contribution in [0.25, 0.3) is 0 Å². The molecule has 1 amide bonds. The molecule has 0 aliphatic carbocycles. The average Bonchev–Trinajstić information content (AvgIpc) is 3.34. The summed E-state index contributed by atoms with van der Waals surface area (Å²) in [7, 11) is 1.58. The molecule has 1 aromatic carbocycles. The number of methoxy groups -OCH3 is 1. The molecule has 1 N–H and O–H groups in total. The molecule has 0 saturated carbocycles. The Morgan fingerprint density at radius 1 is 1.28 bits per heavy atom. The van der Waals surface area contributed by atoms with Crippen LogP contribution in [-0.4, -0.2) is 19.2 Å². The van der Waals surface area contributed by atoms with E-state index in [1.54, 1.807) is 36.6 Å². The summed E-state index contributed by atoms with van der Waals surface area (Å²) < 4.78 is 16.1. The van der Waals surface area contributed by atoms with Gasteiger partial charge in [0.25, 0.3) is 0 Å². The van der Waals surface area contributed by atoms with Gasteiger partial charge in [0.15, 0.2) is 17.3 Å². The van der Waals surface area contributed by atoms with Crippen molar-refractivity contribution in [2.75, 3.05) is 7.11 Å². The number of nitrogens with one attached hydrogen (secondary N) is 1. The molecule has 128 valence electrons. The molecule has 2 aromatic heterocycles. The number of hydrazone groups is 1. The number of amides is 1. The zero-order valence-electron chi connectivity index (χ0n) is 13.5. The first kappa shape index (κ1) is 16.8. The lowest BCUT2D eigenvalue weighted by Crippen LogP contribution is -2.16. The number of hydrogen-bond acceptors (Lipinski definition) is 6. The first-order chi connectivity index (χ1) is 12.3. The van der Waals surface area contributed by atoms with Crippen LogP contribution in [0.3, 0.4) is 0 Å². The van der Waals surface area contributed by atoms with Crippen molar-refractivity contribution in [2.24, 2.45) is 5.10 Å². The number of benzene rings is 1. The van der Waals surface area contributed by atoms with Crippen molar-refractivity contribution in [3.05, 3.63) is 70.3 Å². The van der Waals surface area contributed by atoms with Crippen LogP contribution in [0.2, 0.25) is 0 Å². The molecular weight excluding hydrogens is 340 g/mol. The van der Waals surface area contributed by atoms with Gasteiger partial charge in [-0.2, -0.15) is 5.10 Å². The van der Waals surface area contributed by atoms with Gasteiger partial charge in [-0.25, -0.2) is 5.43 Å². The normalized spacial score (nSPS) is 10.8. The van der Waals surface area contributed by atoms with Crippen molar-refractivity contribution in [3.8, 4) is 11.5 Å². The third-order valence-electron chi connectivity index (χ3n) is 3.26. The van der Waals surface area contributed by atoms with Crippen molar-refractivity contribution in [3.63, 3.8) is 0 Å². The van der Waals surface area contributed by atoms with Gasteiger partial charge in [-0.3, -0.25) is 4.79 Å². The molecule has 7 heteroatoms. The van der Waals surface area contributed by atoms with Gasteiger partial charge in [-0.15, -0.1) is 11.3 Å². The van der Waals surface area contributed by atoms with Gasteiger partial charge in [-0.05, 0) is 47.3 Å². The first-order valence-electron chi connectivity index (χ1n) is 7.46. The van der Waals surface area contributed by atoms with Gasteiger partial charge >= 0.3 is 5.91 Å². The third kappa shape index (κ3) is 4.48. The average molecular weight is 356 g/mol. The van der Waals surface area contributed by atoms with Gasteiger partial charge in [0, 0.05) is 4.88 Å². The van der Waals surface area contributed by atoms with E-state index in [2.05, 4.69) is 10.5 Å². The number of hydrogen-bond donors (Lipinski definition) is 1. The second-order valence-corrected chi connectivity index (χ2v) is 5.99. The van der Waals surface area contributed by atoms with Crippen LogP contribution in [0.15, 0.2) is 63.6 Å². The van der Waals surface area contributed by atoms with E-state index >= 15 is 0 Å². The fourth-order valence-electron chi connectivity index (χ4n) is 2.06. The molecule has 3 aromatic rings. The van der Waals surface area contributed by atoms with Gasteiger partial charge in [-0.1, -0.05) is 6.07 Å². The molecule has 0 bridgehead atoms. The van der Waals surface area contributed by atoms with Crippen molar-refractivity contribution in [1.82, 2.24) is 5.43 Å². The summed E-state index contributed by atoms with van der Waals surface area (Å²) in [5, 5.41) is 5.92. The standard InChI is InChI=1S/C18H16N2O4S/c1-22-17-10-13(11-19-20-18(21)16-5-2-8-23-16)6-7-15(17)24-12-14-4-3-9-25-14/h2-11H,12H2,1H3,(H,20,21)/b19-11-. The van der Waals surface area contributed by atoms with Crippen LogP contribution in [0.5, 0.6) is 11.5 Å². The smallest absolute Gasteiger partial charge is 0.307 e. The second kappa shape index (κ2) is 8.16. The van der Waals surface area contributed by atoms with Gasteiger partial charge in [0.2, 0.25) is 0 Å². The molecule has 0 aliphatic heterocycles. The molecule has 0 unspecified atom stereocenters. The van der Waals surface area contributed by atoms with E-state index in [1.807, 2.05) is 29.6 Å². The Labute approximate surface area is 148 Å². The zero-order chi connectivity index (χ0) is 17.5. The van der Waals surface area contributed by atoms with E-state index in [1.165, 1.54) is 12.5 Å². The topological polar surface area (TPSA) is 73.1 Å². The third-order valence-corrected chi connectivity index (χ3v) is 4.11. The summed E-state index contributed by atoms with van der Waals surface area (Å²) in [6, 6.07) is 12.6. The van der Waals surface area contributed by atoms with Gasteiger partial charge in [0.05, 0.1) is 19.6 Å². The summed E-state index contributed by atoms with van der Waals surface area (Å²) in [5.41, 5.74) is 3.16. The van der Waals surface area contributed by atoms with Crippen LogP contribution in [0.1, 0.15) is 21.0 Å². The number of thiophene rings is 1. The number of ether oxygens (including phenoxy) is 2. The van der Waals surface area contributed by atoms with E-state index in [4.69, 9.17) is 13.9 Å². The molecule has 0 radical (unpaired) electrons. The minimum atomic E-state index is -0.413. The number of nitrogens with zero attached hydrogens (tertiary/aromatic N) is 1. The maximum atomic E-state index is 11.7. The van der Waals surface area contributed by atoms with Crippen LogP contribution < -0.4 is 14.9 Å². The highest BCUT2D eigenvalue weighted by Gasteiger charge is 2.07. The van der Waals surface area contributed by atoms with E-state index < -0.39 is 5.91 Å². The molecule has 2 heterocycles. The SMILES string of the molecule is COc1cc(/C=N\NC(=O)c2ccco2)ccc1OCc1cccs1. The zero-order valence-corrected chi connectivity index (χ0v) is 14.3. The number of furan rings is 1. The van der Waals surface area contributed by atoms with Crippen molar-refractivity contribution in [2.45, 2.75) is 6.61 Å². The fraction of sp³-hybridized carbons (Fsp3) is 0.111. The minimum absolute atomic E-state index is 0.201. The fourth-order valence-corrected chi connectivity index (χ4v) is 2.67. The van der Waals surface area contributed by atoms with E-state index in [-0.39, 0.29) is 5.76 Å². The highest BCUT2D eigenvalue weighted by Crippen LogP contribution is 2.28. The summed E-state index contributed by atoms with van der Waals surface area (Å²) in [6.45, 7) is 0.487. The van der Waals surface area contributed by atoms with Gasteiger partial charge < -0.3 is 13.9 Å². The van der Waals surface area contributed by atoms with E-state index in [0.29, 0.717) is 18.1 Å². The molecule has 6 nitrogen and oxygen atoms in total. The largest absolute Gasteiger partial charge is 0.493 e. The lowest BCUT2D eigenvalue weighted by atomic mass is 10.2. The predicted molar refractivity (Wildman–Crippen MR) is 95.4 cm³/mol. The molecule has 25 heavy (non-hydrogen) atoms. The predicted octanol–water partition coefficient (Wildman–Crippen LogP) is 3.69. The van der Waals surface area contributed by atoms with Crippen LogP contribution in [0, 0.1) is 0 Å². The lowest BCUT2D eigenvalue weighted by Gasteiger charge is -2.10. The van der Waals surface area contributed by atoms with Crippen molar-refractivity contribution < 1.29 is 18.7 Å². The maximum Gasteiger partial charge on any atom is 0.307 e. The molecule has 3 rings (SSSR count). The highest BCUT2D eigenvalue weighted by atomic mass is 32.1. The molecule has 0 fully saturated rings. The first-order valence-corrected chi connectivity index (χ1v) is 8.34. The Kier molecular flexibility index (Phi) is 5.48. The summed E-state index contributed by atoms with van der Waals surface area (Å²) in [4.78, 5) is 12.8. The Hall–Kier alpha value is -3.06. The van der Waals surface area contributed by atoms with E-state index in [9.17, 15) is 4.79 Å². The Morgan fingerprint density at radius 3 is 2.92 bits per heavy atom. The van der Waals surface area contributed by atoms with Crippen LogP contribution in [0.4, 0.5) is 0 Å². The Bertz CT molecular complexity index is 842. The molecule has 0 spiro atoms. The molecule has 0 atom stereocenters. The van der Waals surface area contributed by atoms with Crippen molar-refractivity contribution in [1.29, 1.82) is 0 Å². The highest BCUT2D eigenvalue weighted by molar-refractivity contribution is 7.09. The maximum absolute atomic E-state index is 11.7. The quantitative estimate of drug-likeness (QED) is 0.518. The van der Waals surface area contributed by atoms with E-state index in [0.717, 1.165) is 10.4 Å². The molecule has 0 saturated heterocycles. The molecule has 0 aliphatic rings. The summed E-state index contributed by atoms with van der Waals surface area (Å²) in [5.74, 6) is 1.03. The summed E-state index contributed by atoms with van der Waals surface area (Å²) >= 11 is 1.64. The van der Waals surface area contributed by atoms with Gasteiger partial charge in [0.1, 0.15) is 6.61 Å². The Morgan fingerprint density at radius 2 is 2.20 bits per heavy atom.